The maximum absolute atomic E-state index is 13.7. The molecule has 0 amide bonds. The van der Waals surface area contributed by atoms with Crippen LogP contribution in [0.15, 0.2) is 23.0 Å². The molecule has 1 N–H and O–H groups in total. The standard InChI is InChI=1S/C23H32O8.C23H28O8.C23H34O8.2H2/c2*1-12(24)30-16-9-15(20(26)28-4)22(2)7-5-14-21(27)31-17(13-6-8-29-11-13)10-23(14,3)19(22)18(16)25;1-13(24)31-17-11-16(21(28)29-4)23(3)9-6-15(20(26)27)22(2,19(23)18(17)25)8-5-14-7-10-30-12-14;;/h13-17,19H,5-11H2,1-4H3;6,8,11,14-17,19H,5,7,9-10H2,1-4H3;14-17,19H,5-12H2,1-4H3,(H,26,27);2*1H/t13?,14?,15-,16-,17-,19?,22-,23-;14?,15-,16-,17-,19?,22-,23-;14?,15?,16-,17-,19?,22-,23-;;/m000../s1. The van der Waals surface area contributed by atoms with Crippen LogP contribution in [0.3, 0.4) is 0 Å². The van der Waals surface area contributed by atoms with Crippen LogP contribution in [0, 0.1) is 97.6 Å². The van der Waals surface area contributed by atoms with Crippen molar-refractivity contribution in [1.82, 2.24) is 0 Å². The first-order valence-electron chi connectivity index (χ1n) is 32.9. The van der Waals surface area contributed by atoms with Gasteiger partial charge in [0, 0.05) is 91.9 Å². The molecule has 0 bridgehead atoms. The van der Waals surface area contributed by atoms with Crippen LogP contribution in [-0.2, 0) is 105 Å². The molecule has 1 aromatic heterocycles. The number of hydrogen-bond acceptors (Lipinski definition) is 23. The van der Waals surface area contributed by atoms with E-state index < -0.39 is 152 Å². The predicted molar refractivity (Wildman–Crippen MR) is 325 cm³/mol. The van der Waals surface area contributed by atoms with Gasteiger partial charge in [-0.05, 0) is 122 Å². The van der Waals surface area contributed by atoms with E-state index in [0.717, 1.165) is 24.8 Å². The van der Waals surface area contributed by atoms with E-state index in [0.29, 0.717) is 90.1 Å². The first-order chi connectivity index (χ1) is 43.8. The summed E-state index contributed by atoms with van der Waals surface area (Å²) >= 11 is 0. The number of carboxylic acid groups (broad SMARTS) is 1. The first kappa shape index (κ1) is 70.7. The lowest BCUT2D eigenvalue weighted by Crippen LogP contribution is -2.65. The molecule has 6 saturated carbocycles. The van der Waals surface area contributed by atoms with Crippen molar-refractivity contribution in [2.75, 3.05) is 47.8 Å². The molecule has 4 saturated heterocycles. The molecule has 0 radical (unpaired) electrons. The number of furan rings is 1. The smallest absolute Gasteiger partial charge is 0.310 e. The van der Waals surface area contributed by atoms with Gasteiger partial charge in [0.2, 0.25) is 0 Å². The lowest BCUT2D eigenvalue weighted by Gasteiger charge is -2.61. The van der Waals surface area contributed by atoms with Crippen LogP contribution in [0.2, 0.25) is 0 Å². The summed E-state index contributed by atoms with van der Waals surface area (Å²) in [5.41, 5.74) is -3.77. The van der Waals surface area contributed by atoms with Gasteiger partial charge in [-0.1, -0.05) is 41.5 Å². The molecule has 0 spiro atoms. The predicted octanol–water partition coefficient (Wildman–Crippen LogP) is 8.18. The van der Waals surface area contributed by atoms with Gasteiger partial charge in [0.15, 0.2) is 35.7 Å². The van der Waals surface area contributed by atoms with Crippen LogP contribution in [0.4, 0.5) is 0 Å². The Balaban J connectivity index is 0.000000199. The number of carboxylic acids is 1. The zero-order chi connectivity index (χ0) is 68.1. The number of fused-ring (bicyclic) bond motifs is 7. The summed E-state index contributed by atoms with van der Waals surface area (Å²) in [6.07, 6.45) is 6.20. The van der Waals surface area contributed by atoms with Gasteiger partial charge in [-0.15, -0.1) is 0 Å². The molecule has 5 heterocycles. The molecule has 10 aliphatic rings. The molecule has 22 atom stereocenters. The van der Waals surface area contributed by atoms with Crippen molar-refractivity contribution in [3.63, 3.8) is 0 Å². The van der Waals surface area contributed by atoms with Crippen LogP contribution in [0.1, 0.15) is 173 Å². The van der Waals surface area contributed by atoms with E-state index in [9.17, 15) is 62.6 Å². The highest BCUT2D eigenvalue weighted by Crippen LogP contribution is 2.68. The van der Waals surface area contributed by atoms with Crippen LogP contribution < -0.4 is 0 Å². The quantitative estimate of drug-likeness (QED) is 0.152. The topological polar surface area (TPSA) is 331 Å². The number of ether oxygens (including phenoxy) is 10. The van der Waals surface area contributed by atoms with Crippen molar-refractivity contribution < 1.29 is 117 Å². The van der Waals surface area contributed by atoms with E-state index >= 15 is 0 Å². The number of Topliss-reactive ketones (excluding diaryl/α,β-unsaturated/α-hetero) is 3. The molecule has 24 heteroatoms. The molecule has 11 rings (SSSR count). The molecular weight excluding hydrogens is 1210 g/mol. The summed E-state index contributed by atoms with van der Waals surface area (Å²) in [5.74, 6) is -10.3. The summed E-state index contributed by atoms with van der Waals surface area (Å²) < 4.78 is 58.9. The van der Waals surface area contributed by atoms with Crippen LogP contribution in [0.25, 0.3) is 0 Å². The van der Waals surface area contributed by atoms with Gasteiger partial charge in [0.25, 0.3) is 0 Å². The second kappa shape index (κ2) is 27.3. The average molecular weight is 1310 g/mol. The third-order valence-corrected chi connectivity index (χ3v) is 24.4. The summed E-state index contributed by atoms with van der Waals surface area (Å²) in [6.45, 7) is 17.8. The van der Waals surface area contributed by atoms with E-state index in [2.05, 4.69) is 0 Å². The second-order valence-electron chi connectivity index (χ2n) is 29.6. The minimum atomic E-state index is -1.07. The Bertz CT molecular complexity index is 3000. The van der Waals surface area contributed by atoms with Crippen molar-refractivity contribution in [1.29, 1.82) is 0 Å². The zero-order valence-electron chi connectivity index (χ0n) is 55.7. The minimum absolute atomic E-state index is 0. The Morgan fingerprint density at radius 3 is 1.41 bits per heavy atom. The molecule has 24 nitrogen and oxygen atoms in total. The van der Waals surface area contributed by atoms with Crippen molar-refractivity contribution in [3.8, 4) is 0 Å². The van der Waals surface area contributed by atoms with E-state index in [-0.39, 0.29) is 63.4 Å². The fourth-order valence-corrected chi connectivity index (χ4v) is 20.0. The number of esters is 8. The van der Waals surface area contributed by atoms with Gasteiger partial charge in [-0.2, -0.15) is 0 Å². The fourth-order valence-electron chi connectivity index (χ4n) is 20.0. The Hall–Kier alpha value is -6.56. The van der Waals surface area contributed by atoms with E-state index in [4.69, 9.17) is 51.8 Å². The molecule has 93 heavy (non-hydrogen) atoms. The van der Waals surface area contributed by atoms with Crippen LogP contribution >= 0.6 is 0 Å². The lowest BCUT2D eigenvalue weighted by atomic mass is 9.43. The number of methoxy groups -OCH3 is 3. The van der Waals surface area contributed by atoms with E-state index in [1.165, 1.54) is 54.6 Å². The zero-order valence-corrected chi connectivity index (χ0v) is 55.7. The second-order valence-corrected chi connectivity index (χ2v) is 29.6. The molecule has 1 aromatic rings. The number of cyclic esters (lactones) is 2. The average Bonchev–Trinajstić information content (AvgIpc) is 0.751. The maximum atomic E-state index is 13.7. The molecular formula is C69H98O24. The third kappa shape index (κ3) is 12.9. The minimum Gasteiger partial charge on any atom is -0.481 e. The van der Waals surface area contributed by atoms with Crippen LogP contribution in [0.5, 0.6) is 0 Å². The SMILES string of the molecule is COC(=O)[C@@H]1C[C@H](OC(C)=O)C(=O)C2[C@@](C)(CCC3CCOC3)C(C(=O)O)CC[C@]21C.COC(=O)[C@@H]1C[C@H](OC(C)=O)C(=O)C2[C@@]3(C)C[C@@H](C4CCOC4)OC(=O)C3CC[C@]21C.COC(=O)[C@@H]1C[C@H](OC(C)=O)C(=O)C2[C@@]3(C)C[C@@H](c4ccoc4)OC(=O)C3CC[C@]21C.[HH].[HH]. The lowest BCUT2D eigenvalue weighted by molar-refractivity contribution is -0.213. The van der Waals surface area contributed by atoms with Gasteiger partial charge in [0.1, 0.15) is 12.2 Å². The number of hydrogen-bond donors (Lipinski definition) is 1. The molecule has 4 aliphatic heterocycles. The highest BCUT2D eigenvalue weighted by atomic mass is 16.6. The van der Waals surface area contributed by atoms with Gasteiger partial charge in [-0.25, -0.2) is 0 Å². The molecule has 8 unspecified atom stereocenters. The molecule has 0 aromatic carbocycles. The molecule has 10 fully saturated rings. The maximum Gasteiger partial charge on any atom is 0.310 e. The highest BCUT2D eigenvalue weighted by molar-refractivity contribution is 5.95. The third-order valence-electron chi connectivity index (χ3n) is 24.4. The normalized spacial score (nSPS) is 41.5. The molecule has 518 valence electrons. The van der Waals surface area contributed by atoms with Gasteiger partial charge in [0.05, 0.1) is 76.0 Å². The Labute approximate surface area is 545 Å². The van der Waals surface area contributed by atoms with Crippen molar-refractivity contribution >= 4 is 71.1 Å². The van der Waals surface area contributed by atoms with Crippen molar-refractivity contribution in [3.05, 3.63) is 24.2 Å². The first-order valence-corrected chi connectivity index (χ1v) is 32.9. The molecule has 6 aliphatic carbocycles. The van der Waals surface area contributed by atoms with E-state index in [1.807, 2.05) is 41.5 Å². The fraction of sp³-hybridized carbons (Fsp3) is 0.768. The summed E-state index contributed by atoms with van der Waals surface area (Å²) in [5, 5.41) is 10.0. The number of carbonyl (C=O) groups is 12. The largest absolute Gasteiger partial charge is 0.481 e. The number of rotatable bonds is 12. The van der Waals surface area contributed by atoms with Crippen molar-refractivity contribution in [2.24, 2.45) is 97.6 Å². The summed E-state index contributed by atoms with van der Waals surface area (Å²) in [6, 6.07) is 1.74. The highest BCUT2D eigenvalue weighted by Gasteiger charge is 2.71. The number of aliphatic carboxylic acids is 1. The van der Waals surface area contributed by atoms with Crippen molar-refractivity contribution in [2.45, 2.75) is 189 Å². The number of ketones is 3. The van der Waals surface area contributed by atoms with Gasteiger partial charge >= 0.3 is 53.7 Å². The Kier molecular flexibility index (Phi) is 20.8. The van der Waals surface area contributed by atoms with Gasteiger partial charge in [-0.3, -0.25) is 57.5 Å². The Morgan fingerprint density at radius 2 is 0.989 bits per heavy atom. The van der Waals surface area contributed by atoms with Gasteiger partial charge < -0.3 is 56.9 Å². The Morgan fingerprint density at radius 1 is 0.548 bits per heavy atom. The number of carbonyl (C=O) groups excluding carboxylic acids is 11. The monoisotopic (exact) mass is 1310 g/mol. The summed E-state index contributed by atoms with van der Waals surface area (Å²) in [4.78, 5) is 153. The van der Waals surface area contributed by atoms with Crippen LogP contribution in [-0.4, -0.2) is 148 Å². The van der Waals surface area contributed by atoms with E-state index in [1.54, 1.807) is 6.07 Å². The summed E-state index contributed by atoms with van der Waals surface area (Å²) in [7, 11) is 3.96.